The molecule has 0 aliphatic carbocycles. The quantitative estimate of drug-likeness (QED) is 0.292. The van der Waals surface area contributed by atoms with E-state index in [9.17, 15) is 4.79 Å². The van der Waals surface area contributed by atoms with Gasteiger partial charge in [-0.1, -0.05) is 54.6 Å². The fourth-order valence-corrected chi connectivity index (χ4v) is 3.17. The van der Waals surface area contributed by atoms with E-state index in [4.69, 9.17) is 14.2 Å². The highest BCUT2D eigenvalue weighted by Crippen LogP contribution is 2.30. The lowest BCUT2D eigenvalue weighted by molar-refractivity contribution is 0.0647. The van der Waals surface area contributed by atoms with Crippen LogP contribution in [0.1, 0.15) is 13.8 Å². The molecular formula is C24H25NO4. The number of hydrogen-bond donors (Lipinski definition) is 0. The van der Waals surface area contributed by atoms with Crippen LogP contribution in [-0.4, -0.2) is 26.0 Å². The van der Waals surface area contributed by atoms with Crippen LogP contribution in [0.4, 0.5) is 10.5 Å². The molecule has 3 rings (SSSR count). The Kier molecular flexibility index (Phi) is 6.74. The first-order chi connectivity index (χ1) is 14.1. The van der Waals surface area contributed by atoms with Crippen LogP contribution in [0.5, 0.6) is 11.5 Å². The third-order valence-corrected chi connectivity index (χ3v) is 4.60. The van der Waals surface area contributed by atoms with Gasteiger partial charge >= 0.3 is 6.16 Å². The minimum absolute atomic E-state index is 0.459. The van der Waals surface area contributed by atoms with Gasteiger partial charge in [0.15, 0.2) is 6.23 Å². The minimum atomic E-state index is -0.748. The molecule has 0 heterocycles. The molecule has 3 aromatic carbocycles. The Hall–Kier alpha value is -3.47. The summed E-state index contributed by atoms with van der Waals surface area (Å²) in [5.41, 5.74) is 2.70. The predicted molar refractivity (Wildman–Crippen MR) is 114 cm³/mol. The molecule has 1 unspecified atom stereocenters. The average Bonchev–Trinajstić information content (AvgIpc) is 2.75. The number of methoxy groups -OCH3 is 1. The maximum absolute atomic E-state index is 12.5. The van der Waals surface area contributed by atoms with E-state index in [1.165, 1.54) is 0 Å². The van der Waals surface area contributed by atoms with E-state index < -0.39 is 12.4 Å². The molecule has 0 saturated heterocycles. The van der Waals surface area contributed by atoms with E-state index in [2.05, 4.69) is 0 Å². The van der Waals surface area contributed by atoms with Gasteiger partial charge in [0.1, 0.15) is 11.5 Å². The summed E-state index contributed by atoms with van der Waals surface area (Å²) in [5, 5.41) is 0. The van der Waals surface area contributed by atoms with Crippen LogP contribution < -0.4 is 14.4 Å². The number of nitrogens with zero attached hydrogens (tertiary/aromatic N) is 1. The number of rotatable bonds is 7. The van der Waals surface area contributed by atoms with Gasteiger partial charge < -0.3 is 19.1 Å². The van der Waals surface area contributed by atoms with Crippen LogP contribution in [0.3, 0.4) is 0 Å². The molecule has 0 aliphatic heterocycles. The molecule has 0 amide bonds. The number of carbonyl (C=O) groups is 1. The lowest BCUT2D eigenvalue weighted by Gasteiger charge is -2.29. The van der Waals surface area contributed by atoms with Crippen LogP contribution in [-0.2, 0) is 4.74 Å². The van der Waals surface area contributed by atoms with Gasteiger partial charge in [0.2, 0.25) is 0 Å². The molecule has 150 valence electrons. The molecule has 0 bridgehead atoms. The maximum atomic E-state index is 12.5. The number of anilines is 1. The number of para-hydroxylation sites is 1. The molecule has 0 fully saturated rings. The first-order valence-electron chi connectivity index (χ1n) is 9.56. The zero-order chi connectivity index (χ0) is 20.6. The van der Waals surface area contributed by atoms with Crippen molar-refractivity contribution < 1.29 is 19.0 Å². The zero-order valence-electron chi connectivity index (χ0n) is 16.9. The molecular weight excluding hydrogens is 366 g/mol. The molecule has 0 N–H and O–H groups in total. The predicted octanol–water partition coefficient (Wildman–Crippen LogP) is 5.75. The molecule has 0 aliphatic rings. The highest BCUT2D eigenvalue weighted by atomic mass is 16.7. The molecule has 1 atom stereocenters. The van der Waals surface area contributed by atoms with Crippen molar-refractivity contribution in [3.05, 3.63) is 78.9 Å². The fourth-order valence-electron chi connectivity index (χ4n) is 3.17. The van der Waals surface area contributed by atoms with Crippen molar-refractivity contribution in [1.82, 2.24) is 0 Å². The van der Waals surface area contributed by atoms with E-state index in [-0.39, 0.29) is 0 Å². The van der Waals surface area contributed by atoms with Gasteiger partial charge in [0.05, 0.1) is 7.11 Å². The number of ether oxygens (including phenoxy) is 3. The highest BCUT2D eigenvalue weighted by Gasteiger charge is 2.20. The largest absolute Gasteiger partial charge is 0.515 e. The second kappa shape index (κ2) is 9.64. The summed E-state index contributed by atoms with van der Waals surface area (Å²) in [6.45, 7) is 4.46. The molecule has 3 aromatic rings. The molecule has 0 radical (unpaired) electrons. The van der Waals surface area contributed by atoms with Crippen LogP contribution in [0.25, 0.3) is 11.1 Å². The molecule has 5 heteroatoms. The van der Waals surface area contributed by atoms with Gasteiger partial charge in [-0.25, -0.2) is 4.79 Å². The van der Waals surface area contributed by atoms with E-state index in [1.807, 2.05) is 91.5 Å². The smallest absolute Gasteiger partial charge is 0.497 e. The molecule has 29 heavy (non-hydrogen) atoms. The summed E-state index contributed by atoms with van der Waals surface area (Å²) in [7, 11) is 1.62. The Morgan fingerprint density at radius 2 is 1.69 bits per heavy atom. The minimum Gasteiger partial charge on any atom is -0.497 e. The summed E-state index contributed by atoms with van der Waals surface area (Å²) in [6.07, 6.45) is -1.26. The van der Waals surface area contributed by atoms with Gasteiger partial charge in [-0.15, -0.1) is 0 Å². The summed E-state index contributed by atoms with van der Waals surface area (Å²) in [4.78, 5) is 14.4. The highest BCUT2D eigenvalue weighted by molar-refractivity contribution is 5.74. The van der Waals surface area contributed by atoms with E-state index in [0.29, 0.717) is 12.3 Å². The normalized spacial score (nSPS) is 11.4. The summed E-state index contributed by atoms with van der Waals surface area (Å²) in [6, 6.07) is 24.8. The summed E-state index contributed by atoms with van der Waals surface area (Å²) < 4.78 is 16.4. The van der Waals surface area contributed by atoms with Crippen molar-refractivity contribution in [2.24, 2.45) is 0 Å². The Morgan fingerprint density at radius 1 is 0.966 bits per heavy atom. The second-order valence-corrected chi connectivity index (χ2v) is 6.42. The first-order valence-corrected chi connectivity index (χ1v) is 9.56. The fraction of sp³-hybridized carbons (Fsp3) is 0.208. The van der Waals surface area contributed by atoms with Crippen LogP contribution in [0, 0.1) is 0 Å². The third-order valence-electron chi connectivity index (χ3n) is 4.60. The third kappa shape index (κ3) is 5.08. The standard InChI is InChI=1S/C24H25NO4/c1-4-25(20-13-10-14-21(17-20)27-3)18(2)28-24(26)29-23-16-9-8-15-22(23)19-11-6-5-7-12-19/h5-18H,4H2,1-3H3. The van der Waals surface area contributed by atoms with Crippen LogP contribution in [0.15, 0.2) is 78.9 Å². The Labute approximate surface area is 171 Å². The van der Waals surface area contributed by atoms with Crippen molar-refractivity contribution in [1.29, 1.82) is 0 Å². The Morgan fingerprint density at radius 3 is 2.41 bits per heavy atom. The van der Waals surface area contributed by atoms with E-state index >= 15 is 0 Å². The summed E-state index contributed by atoms with van der Waals surface area (Å²) >= 11 is 0. The second-order valence-electron chi connectivity index (χ2n) is 6.42. The summed E-state index contributed by atoms with van der Waals surface area (Å²) in [5.74, 6) is 1.20. The number of benzene rings is 3. The molecule has 0 saturated carbocycles. The zero-order valence-corrected chi connectivity index (χ0v) is 16.9. The van der Waals surface area contributed by atoms with Gasteiger partial charge in [-0.2, -0.15) is 0 Å². The Bertz CT molecular complexity index is 942. The van der Waals surface area contributed by atoms with Crippen LogP contribution in [0.2, 0.25) is 0 Å². The molecule has 0 aromatic heterocycles. The van der Waals surface area contributed by atoms with Crippen molar-refractivity contribution in [3.8, 4) is 22.6 Å². The van der Waals surface area contributed by atoms with Gasteiger partial charge in [-0.3, -0.25) is 0 Å². The molecule has 5 nitrogen and oxygen atoms in total. The SMILES string of the molecule is CCN(c1cccc(OC)c1)C(C)OC(=O)Oc1ccccc1-c1ccccc1. The van der Waals surface area contributed by atoms with Crippen molar-refractivity contribution in [3.63, 3.8) is 0 Å². The van der Waals surface area contributed by atoms with Crippen molar-refractivity contribution in [2.75, 3.05) is 18.6 Å². The van der Waals surface area contributed by atoms with Crippen molar-refractivity contribution in [2.45, 2.75) is 20.1 Å². The molecule has 0 spiro atoms. The Balaban J connectivity index is 1.72. The lowest BCUT2D eigenvalue weighted by atomic mass is 10.1. The average molecular weight is 391 g/mol. The van der Waals surface area contributed by atoms with Gasteiger partial charge in [0, 0.05) is 23.9 Å². The maximum Gasteiger partial charge on any atom is 0.515 e. The first kappa shape index (κ1) is 20.3. The van der Waals surface area contributed by atoms with Crippen molar-refractivity contribution >= 4 is 11.8 Å². The van der Waals surface area contributed by atoms with E-state index in [1.54, 1.807) is 13.2 Å². The topological polar surface area (TPSA) is 48.0 Å². The monoisotopic (exact) mass is 391 g/mol. The van der Waals surface area contributed by atoms with Gasteiger partial charge in [0.25, 0.3) is 0 Å². The van der Waals surface area contributed by atoms with Gasteiger partial charge in [-0.05, 0) is 37.6 Å². The number of hydrogen-bond acceptors (Lipinski definition) is 5. The lowest BCUT2D eigenvalue weighted by Crippen LogP contribution is -2.37. The van der Waals surface area contributed by atoms with Crippen LogP contribution >= 0.6 is 0 Å². The number of carbonyl (C=O) groups excluding carboxylic acids is 1. The van der Waals surface area contributed by atoms with E-state index in [0.717, 1.165) is 22.6 Å².